The molecule has 1 aliphatic carbocycles. The van der Waals surface area contributed by atoms with E-state index in [1.54, 1.807) is 0 Å². The minimum absolute atomic E-state index is 0.666. The highest BCUT2D eigenvalue weighted by Crippen LogP contribution is 2.32. The molecule has 2 N–H and O–H groups in total. The van der Waals surface area contributed by atoms with Crippen LogP contribution in [-0.2, 0) is 6.54 Å². The molecule has 1 heterocycles. The summed E-state index contributed by atoms with van der Waals surface area (Å²) in [6.07, 6.45) is 4.81. The summed E-state index contributed by atoms with van der Waals surface area (Å²) >= 11 is 0. The number of H-pyrrole nitrogens is 1. The van der Waals surface area contributed by atoms with Crippen molar-refractivity contribution in [1.82, 2.24) is 10.3 Å². The largest absolute Gasteiger partial charge is 0.361 e. The van der Waals surface area contributed by atoms with Crippen LogP contribution in [0.1, 0.15) is 25.3 Å². The lowest BCUT2D eigenvalue weighted by Crippen LogP contribution is -2.27. The van der Waals surface area contributed by atoms with Crippen molar-refractivity contribution in [3.63, 3.8) is 0 Å². The summed E-state index contributed by atoms with van der Waals surface area (Å²) in [4.78, 5) is 3.25. The van der Waals surface area contributed by atoms with Crippen LogP contribution < -0.4 is 5.32 Å². The quantitative estimate of drug-likeness (QED) is 0.804. The summed E-state index contributed by atoms with van der Waals surface area (Å²) in [5, 5.41) is 4.89. The second-order valence-corrected chi connectivity index (χ2v) is 4.91. The van der Waals surface area contributed by atoms with E-state index in [1.165, 1.54) is 29.3 Å². The Balaban J connectivity index is 1.68. The van der Waals surface area contributed by atoms with Crippen molar-refractivity contribution >= 4 is 10.9 Å². The summed E-state index contributed by atoms with van der Waals surface area (Å²) in [6.45, 7) is 3.28. The summed E-state index contributed by atoms with van der Waals surface area (Å²) in [6, 6.07) is 9.41. The van der Waals surface area contributed by atoms with Gasteiger partial charge in [0.15, 0.2) is 0 Å². The van der Waals surface area contributed by atoms with Gasteiger partial charge < -0.3 is 10.3 Å². The first-order valence-electron chi connectivity index (χ1n) is 6.12. The summed E-state index contributed by atoms with van der Waals surface area (Å²) < 4.78 is 0. The van der Waals surface area contributed by atoms with E-state index in [4.69, 9.17) is 0 Å². The fraction of sp³-hybridized carbons (Fsp3) is 0.429. The molecule has 0 amide bonds. The van der Waals surface area contributed by atoms with Crippen LogP contribution in [0.4, 0.5) is 0 Å². The maximum Gasteiger partial charge on any atom is 0.0457 e. The van der Waals surface area contributed by atoms with Crippen molar-refractivity contribution in [3.8, 4) is 0 Å². The zero-order chi connectivity index (χ0) is 11.0. The highest BCUT2D eigenvalue weighted by atomic mass is 14.9. The lowest BCUT2D eigenvalue weighted by atomic mass is 10.1. The number of hydrogen-bond acceptors (Lipinski definition) is 1. The minimum atomic E-state index is 0.666. The number of benzene rings is 1. The Morgan fingerprint density at radius 3 is 3.06 bits per heavy atom. The second kappa shape index (κ2) is 3.95. The molecule has 1 unspecified atom stereocenters. The van der Waals surface area contributed by atoms with Gasteiger partial charge in [-0.15, -0.1) is 0 Å². The Morgan fingerprint density at radius 1 is 1.38 bits per heavy atom. The Hall–Kier alpha value is -1.28. The van der Waals surface area contributed by atoms with Crippen molar-refractivity contribution in [2.75, 3.05) is 0 Å². The molecule has 0 saturated heterocycles. The number of nitrogens with one attached hydrogen (secondary N) is 2. The summed E-state index contributed by atoms with van der Waals surface area (Å²) in [5.41, 5.74) is 2.60. The zero-order valence-electron chi connectivity index (χ0n) is 9.66. The molecule has 1 aromatic carbocycles. The van der Waals surface area contributed by atoms with Crippen LogP contribution in [0.3, 0.4) is 0 Å². The summed E-state index contributed by atoms with van der Waals surface area (Å²) in [7, 11) is 0. The fourth-order valence-corrected chi connectivity index (χ4v) is 2.25. The first-order valence-corrected chi connectivity index (χ1v) is 6.12. The highest BCUT2D eigenvalue weighted by Gasteiger charge is 2.27. The number of hydrogen-bond donors (Lipinski definition) is 2. The van der Waals surface area contributed by atoms with E-state index in [1.807, 2.05) is 6.20 Å². The number of fused-ring (bicyclic) bond motifs is 1. The van der Waals surface area contributed by atoms with Gasteiger partial charge in [0.1, 0.15) is 0 Å². The van der Waals surface area contributed by atoms with E-state index in [2.05, 4.69) is 41.5 Å². The maximum absolute atomic E-state index is 3.60. The standard InChI is InChI=1S/C14H18N2/c1-10(12-4-5-12)16-9-11-2-3-13-6-7-15-14(13)8-11/h2-3,6-8,10,12,15-16H,4-5,9H2,1H3. The molecule has 0 spiro atoms. The molecule has 1 aliphatic rings. The fourth-order valence-electron chi connectivity index (χ4n) is 2.25. The van der Waals surface area contributed by atoms with Crippen LogP contribution in [0.2, 0.25) is 0 Å². The van der Waals surface area contributed by atoms with Crippen LogP contribution in [0.15, 0.2) is 30.5 Å². The van der Waals surface area contributed by atoms with Crippen molar-refractivity contribution in [3.05, 3.63) is 36.0 Å². The van der Waals surface area contributed by atoms with Gasteiger partial charge in [0, 0.05) is 24.3 Å². The van der Waals surface area contributed by atoms with Gasteiger partial charge >= 0.3 is 0 Å². The van der Waals surface area contributed by atoms with Crippen LogP contribution in [0.5, 0.6) is 0 Å². The molecule has 2 nitrogen and oxygen atoms in total. The monoisotopic (exact) mass is 214 g/mol. The van der Waals surface area contributed by atoms with E-state index in [0.29, 0.717) is 6.04 Å². The SMILES string of the molecule is CC(NCc1ccc2cc[nH]c2c1)C1CC1. The van der Waals surface area contributed by atoms with Gasteiger partial charge in [0.25, 0.3) is 0 Å². The molecule has 16 heavy (non-hydrogen) atoms. The van der Waals surface area contributed by atoms with Gasteiger partial charge in [-0.2, -0.15) is 0 Å². The number of aromatic nitrogens is 1. The minimum Gasteiger partial charge on any atom is -0.361 e. The molecule has 1 saturated carbocycles. The van der Waals surface area contributed by atoms with Crippen molar-refractivity contribution in [2.24, 2.45) is 5.92 Å². The Morgan fingerprint density at radius 2 is 2.25 bits per heavy atom. The second-order valence-electron chi connectivity index (χ2n) is 4.91. The third kappa shape index (κ3) is 1.98. The van der Waals surface area contributed by atoms with E-state index in [-0.39, 0.29) is 0 Å². The lowest BCUT2D eigenvalue weighted by molar-refractivity contribution is 0.496. The molecule has 0 bridgehead atoms. The first-order chi connectivity index (χ1) is 7.83. The molecule has 84 valence electrons. The molecule has 1 atom stereocenters. The molecule has 0 aliphatic heterocycles. The van der Waals surface area contributed by atoms with Gasteiger partial charge in [-0.1, -0.05) is 12.1 Å². The van der Waals surface area contributed by atoms with Crippen LogP contribution in [-0.4, -0.2) is 11.0 Å². The van der Waals surface area contributed by atoms with E-state index >= 15 is 0 Å². The third-order valence-corrected chi connectivity index (χ3v) is 3.58. The molecule has 1 fully saturated rings. The van der Waals surface area contributed by atoms with E-state index in [9.17, 15) is 0 Å². The normalized spacial score (nSPS) is 17.8. The van der Waals surface area contributed by atoms with E-state index < -0.39 is 0 Å². The highest BCUT2D eigenvalue weighted by molar-refractivity contribution is 5.79. The molecule has 3 rings (SSSR count). The predicted molar refractivity (Wildman–Crippen MR) is 67.3 cm³/mol. The molecule has 2 aromatic rings. The van der Waals surface area contributed by atoms with Crippen molar-refractivity contribution < 1.29 is 0 Å². The van der Waals surface area contributed by atoms with Gasteiger partial charge in [0.2, 0.25) is 0 Å². The smallest absolute Gasteiger partial charge is 0.0457 e. The van der Waals surface area contributed by atoms with Gasteiger partial charge in [-0.3, -0.25) is 0 Å². The number of rotatable bonds is 4. The van der Waals surface area contributed by atoms with Gasteiger partial charge in [0.05, 0.1) is 0 Å². The third-order valence-electron chi connectivity index (χ3n) is 3.58. The molecular formula is C14H18N2. The Bertz CT molecular complexity index is 482. The lowest BCUT2D eigenvalue weighted by Gasteiger charge is -2.12. The van der Waals surface area contributed by atoms with Gasteiger partial charge in [-0.05, 0) is 48.8 Å². The Kier molecular flexibility index (Phi) is 2.44. The average molecular weight is 214 g/mol. The average Bonchev–Trinajstić information content (AvgIpc) is 3.04. The predicted octanol–water partition coefficient (Wildman–Crippen LogP) is 3.06. The van der Waals surface area contributed by atoms with Gasteiger partial charge in [-0.25, -0.2) is 0 Å². The zero-order valence-corrected chi connectivity index (χ0v) is 9.66. The van der Waals surface area contributed by atoms with E-state index in [0.717, 1.165) is 12.5 Å². The molecule has 2 heteroatoms. The molecule has 1 aromatic heterocycles. The Labute approximate surface area is 96.1 Å². The summed E-state index contributed by atoms with van der Waals surface area (Å²) in [5.74, 6) is 0.925. The van der Waals surface area contributed by atoms with Crippen LogP contribution in [0, 0.1) is 5.92 Å². The van der Waals surface area contributed by atoms with Crippen LogP contribution >= 0.6 is 0 Å². The van der Waals surface area contributed by atoms with Crippen LogP contribution in [0.25, 0.3) is 10.9 Å². The van der Waals surface area contributed by atoms with Crippen molar-refractivity contribution in [2.45, 2.75) is 32.4 Å². The molecule has 0 radical (unpaired) electrons. The first kappa shape index (κ1) is 9.91. The number of aromatic amines is 1. The topological polar surface area (TPSA) is 27.8 Å². The molecular weight excluding hydrogens is 196 g/mol. The van der Waals surface area contributed by atoms with Crippen molar-refractivity contribution in [1.29, 1.82) is 0 Å². The maximum atomic E-state index is 3.60.